The molecule has 1 saturated heterocycles. The lowest BCUT2D eigenvalue weighted by Gasteiger charge is -2.34. The van der Waals surface area contributed by atoms with Gasteiger partial charge in [0.05, 0.1) is 5.02 Å². The highest BCUT2D eigenvalue weighted by atomic mass is 35.5. The SMILES string of the molecule is Cc1ocnc1C(=O)N1CCN(CCCCCNC(=O)c2[nH]c3ccccc3c2Cl)CC1. The number of hydrogen-bond acceptors (Lipinski definition) is 5. The Kier molecular flexibility index (Phi) is 7.12. The third kappa shape index (κ3) is 4.97. The van der Waals surface area contributed by atoms with E-state index in [9.17, 15) is 9.59 Å². The minimum Gasteiger partial charge on any atom is -0.448 e. The summed E-state index contributed by atoms with van der Waals surface area (Å²) in [6.07, 6.45) is 4.31. The number of H-pyrrole nitrogens is 1. The first kappa shape index (κ1) is 22.4. The van der Waals surface area contributed by atoms with Gasteiger partial charge in [-0.3, -0.25) is 14.5 Å². The first-order chi connectivity index (χ1) is 15.5. The first-order valence-corrected chi connectivity index (χ1v) is 11.4. The van der Waals surface area contributed by atoms with E-state index in [0.717, 1.165) is 49.8 Å². The number of aromatic amines is 1. The van der Waals surface area contributed by atoms with Gasteiger partial charge in [-0.1, -0.05) is 36.2 Å². The number of carbonyl (C=O) groups excluding carboxylic acids is 2. The van der Waals surface area contributed by atoms with Crippen LogP contribution in [0.2, 0.25) is 5.02 Å². The molecule has 0 aliphatic carbocycles. The molecule has 2 N–H and O–H groups in total. The molecule has 170 valence electrons. The lowest BCUT2D eigenvalue weighted by Crippen LogP contribution is -2.49. The number of benzene rings is 1. The van der Waals surface area contributed by atoms with Crippen LogP contribution < -0.4 is 5.32 Å². The Morgan fingerprint density at radius 2 is 1.94 bits per heavy atom. The third-order valence-corrected chi connectivity index (χ3v) is 6.31. The summed E-state index contributed by atoms with van der Waals surface area (Å²) in [5.74, 6) is 0.340. The standard InChI is InChI=1S/C23H28ClN5O3/c1-16-20(26-15-32-16)23(31)29-13-11-28(12-14-29)10-6-2-5-9-25-22(30)21-19(24)17-7-3-4-8-18(17)27-21/h3-4,7-8,15,27H,2,5-6,9-14H2,1H3,(H,25,30). The number of nitrogens with zero attached hydrogens (tertiary/aromatic N) is 3. The number of amides is 2. The van der Waals surface area contributed by atoms with E-state index in [4.69, 9.17) is 16.0 Å². The average molecular weight is 458 g/mol. The topological polar surface area (TPSA) is 94.5 Å². The largest absolute Gasteiger partial charge is 0.448 e. The second kappa shape index (κ2) is 10.2. The highest BCUT2D eigenvalue weighted by molar-refractivity contribution is 6.38. The van der Waals surface area contributed by atoms with Gasteiger partial charge in [0.15, 0.2) is 12.1 Å². The van der Waals surface area contributed by atoms with Gasteiger partial charge in [-0.05, 0) is 32.4 Å². The molecule has 4 rings (SSSR count). The number of unbranched alkanes of at least 4 members (excludes halogenated alkanes) is 2. The van der Waals surface area contributed by atoms with Crippen molar-refractivity contribution < 1.29 is 14.0 Å². The van der Waals surface area contributed by atoms with E-state index in [-0.39, 0.29) is 11.8 Å². The number of fused-ring (bicyclic) bond motifs is 1. The molecule has 2 amide bonds. The number of nitrogens with one attached hydrogen (secondary N) is 2. The molecule has 0 atom stereocenters. The monoisotopic (exact) mass is 457 g/mol. The predicted molar refractivity (Wildman–Crippen MR) is 123 cm³/mol. The molecule has 0 unspecified atom stereocenters. The molecule has 3 heterocycles. The van der Waals surface area contributed by atoms with Gasteiger partial charge in [-0.15, -0.1) is 0 Å². The number of hydrogen-bond donors (Lipinski definition) is 2. The van der Waals surface area contributed by atoms with Gasteiger partial charge < -0.3 is 19.6 Å². The molecule has 9 heteroatoms. The van der Waals surface area contributed by atoms with Crippen molar-refractivity contribution in [1.29, 1.82) is 0 Å². The second-order valence-corrected chi connectivity index (χ2v) is 8.45. The summed E-state index contributed by atoms with van der Waals surface area (Å²) in [6.45, 7) is 6.49. The second-order valence-electron chi connectivity index (χ2n) is 8.07. The van der Waals surface area contributed by atoms with Gasteiger partial charge in [0.25, 0.3) is 11.8 Å². The van der Waals surface area contributed by atoms with Crippen LogP contribution in [-0.4, -0.2) is 70.9 Å². The zero-order chi connectivity index (χ0) is 22.5. The number of para-hydroxylation sites is 1. The number of aryl methyl sites for hydroxylation is 1. The fraction of sp³-hybridized carbons (Fsp3) is 0.435. The van der Waals surface area contributed by atoms with E-state index in [2.05, 4.69) is 20.2 Å². The van der Waals surface area contributed by atoms with E-state index < -0.39 is 0 Å². The summed E-state index contributed by atoms with van der Waals surface area (Å²) in [6, 6.07) is 7.62. The minimum absolute atomic E-state index is 0.0540. The van der Waals surface area contributed by atoms with Crippen LogP contribution in [0.1, 0.15) is 46.0 Å². The lowest BCUT2D eigenvalue weighted by molar-refractivity contribution is 0.0628. The van der Waals surface area contributed by atoms with Crippen molar-refractivity contribution in [2.24, 2.45) is 0 Å². The Labute approximate surface area is 191 Å². The molecule has 8 nitrogen and oxygen atoms in total. The third-order valence-electron chi connectivity index (χ3n) is 5.91. The van der Waals surface area contributed by atoms with Crippen LogP contribution >= 0.6 is 11.6 Å². The summed E-state index contributed by atoms with van der Waals surface area (Å²) < 4.78 is 5.14. The maximum Gasteiger partial charge on any atom is 0.276 e. The lowest BCUT2D eigenvalue weighted by atomic mass is 10.2. The average Bonchev–Trinajstić information content (AvgIpc) is 3.39. The zero-order valence-corrected chi connectivity index (χ0v) is 19.0. The van der Waals surface area contributed by atoms with Crippen LogP contribution in [-0.2, 0) is 0 Å². The smallest absolute Gasteiger partial charge is 0.276 e. The maximum absolute atomic E-state index is 12.5. The number of carbonyl (C=O) groups is 2. The molecule has 32 heavy (non-hydrogen) atoms. The van der Waals surface area contributed by atoms with Crippen molar-refractivity contribution in [3.63, 3.8) is 0 Å². The van der Waals surface area contributed by atoms with Crippen LogP contribution in [0.4, 0.5) is 0 Å². The number of halogens is 1. The molecule has 0 saturated carbocycles. The molecule has 3 aromatic rings. The zero-order valence-electron chi connectivity index (χ0n) is 18.2. The van der Waals surface area contributed by atoms with E-state index in [1.54, 1.807) is 6.92 Å². The normalized spacial score (nSPS) is 14.8. The summed E-state index contributed by atoms with van der Waals surface area (Å²) in [5.41, 5.74) is 1.69. The van der Waals surface area contributed by atoms with Gasteiger partial charge in [-0.2, -0.15) is 0 Å². The summed E-state index contributed by atoms with van der Waals surface area (Å²) in [7, 11) is 0. The van der Waals surface area contributed by atoms with E-state index in [1.165, 1.54) is 6.39 Å². The van der Waals surface area contributed by atoms with E-state index in [0.29, 0.717) is 41.8 Å². The van der Waals surface area contributed by atoms with Gasteiger partial charge in [0.1, 0.15) is 11.5 Å². The van der Waals surface area contributed by atoms with Crippen LogP contribution in [0, 0.1) is 6.92 Å². The Hall–Kier alpha value is -2.84. The molecule has 1 aliphatic heterocycles. The fourth-order valence-electron chi connectivity index (χ4n) is 4.03. The molecule has 1 aromatic carbocycles. The highest BCUT2D eigenvalue weighted by Crippen LogP contribution is 2.27. The van der Waals surface area contributed by atoms with Crippen LogP contribution in [0.15, 0.2) is 35.1 Å². The van der Waals surface area contributed by atoms with Crippen molar-refractivity contribution in [1.82, 2.24) is 25.1 Å². The van der Waals surface area contributed by atoms with Crippen molar-refractivity contribution in [2.75, 3.05) is 39.3 Å². The van der Waals surface area contributed by atoms with Crippen molar-refractivity contribution in [3.05, 3.63) is 52.8 Å². The van der Waals surface area contributed by atoms with Crippen LogP contribution in [0.3, 0.4) is 0 Å². The van der Waals surface area contributed by atoms with Crippen LogP contribution in [0.5, 0.6) is 0 Å². The predicted octanol–water partition coefficient (Wildman–Crippen LogP) is 3.48. The number of piperazine rings is 1. The molecule has 2 aromatic heterocycles. The molecular weight excluding hydrogens is 430 g/mol. The number of aromatic nitrogens is 2. The van der Waals surface area contributed by atoms with E-state index in [1.807, 2.05) is 29.2 Å². The molecule has 1 aliphatic rings. The summed E-state index contributed by atoms with van der Waals surface area (Å²) in [4.78, 5) is 36.3. The first-order valence-electron chi connectivity index (χ1n) is 11.0. The fourth-order valence-corrected chi connectivity index (χ4v) is 4.32. The van der Waals surface area contributed by atoms with Crippen molar-refractivity contribution in [2.45, 2.75) is 26.2 Å². The highest BCUT2D eigenvalue weighted by Gasteiger charge is 2.25. The summed E-state index contributed by atoms with van der Waals surface area (Å²) >= 11 is 6.34. The Balaban J connectivity index is 1.12. The number of rotatable bonds is 8. The van der Waals surface area contributed by atoms with Crippen molar-refractivity contribution in [3.8, 4) is 0 Å². The Bertz CT molecular complexity index is 1080. The molecule has 1 fully saturated rings. The Morgan fingerprint density at radius 3 is 2.66 bits per heavy atom. The van der Waals surface area contributed by atoms with Gasteiger partial charge >= 0.3 is 0 Å². The van der Waals surface area contributed by atoms with Crippen LogP contribution in [0.25, 0.3) is 10.9 Å². The molecule has 0 bridgehead atoms. The molecular formula is C23H28ClN5O3. The Morgan fingerprint density at radius 1 is 1.16 bits per heavy atom. The van der Waals surface area contributed by atoms with E-state index >= 15 is 0 Å². The van der Waals surface area contributed by atoms with Gasteiger partial charge in [-0.25, -0.2) is 4.98 Å². The van der Waals surface area contributed by atoms with Gasteiger partial charge in [0.2, 0.25) is 0 Å². The molecule has 0 spiro atoms. The summed E-state index contributed by atoms with van der Waals surface area (Å²) in [5, 5.41) is 4.28. The van der Waals surface area contributed by atoms with Crippen molar-refractivity contribution >= 4 is 34.3 Å². The minimum atomic E-state index is -0.172. The van der Waals surface area contributed by atoms with Gasteiger partial charge in [0, 0.05) is 43.6 Å². The maximum atomic E-state index is 12.5. The molecule has 0 radical (unpaired) electrons. The quantitative estimate of drug-likeness (QED) is 0.505. The number of oxazole rings is 1.